The molecule has 13 rings (SSSR count). The zero-order valence-electron chi connectivity index (χ0n) is 52.1. The maximum atomic E-state index is 2.56. The van der Waals surface area contributed by atoms with E-state index in [1.54, 1.807) is 0 Å². The normalized spacial score (nSPS) is 11.9. The van der Waals surface area contributed by atoms with Crippen LogP contribution >= 0.6 is 0 Å². The lowest BCUT2D eigenvalue weighted by Crippen LogP contribution is -2.15. The summed E-state index contributed by atoms with van der Waals surface area (Å²) in [5.41, 5.74) is 32.3. The van der Waals surface area contributed by atoms with Gasteiger partial charge in [-0.3, -0.25) is 0 Å². The molecule has 12 aromatic rings. The topological polar surface area (TPSA) is 6.48 Å². The molecule has 12 aromatic carbocycles. The molecule has 1 aliphatic rings. The Bertz CT molecular complexity index is 4140. The SMILES string of the molecule is Cc1ccc(C(C)C)cc1N(c1ccc2c(-c3ccccc3)c3c(c(-c4ccccc4)c2c1)-c1c-3c(-c2ccccc2)c2ccc(N(c3cc(C(C)C)ccc3C)c3cc(C(C)C)ccc3C)cc2c1-c1ccccc1)c1cc(C(C)C)ccc1C. The predicted octanol–water partition coefficient (Wildman–Crippen LogP) is 25.0. The molecular formula is C84H78N2. The standard InChI is InChI=1S/C84H78N2/c1-51(2)63-37-33-55(9)73(45-63)85(74-46-64(52(3)4)38-34-56(74)10)67-41-43-69-71(49-67)79(61-29-21-15-22-30-61)83-81(77(69)59-25-17-13-18-26-59)82-78(60-27-19-14-20-28-60)70-44-42-68(50-72(70)80(84(82)83)62-31-23-16-24-32-62)86(75-47-65(53(5)6)39-35-57(75)11)76-48-66(54(7)8)40-36-58(76)12/h13-54H,1-12H3. The van der Waals surface area contributed by atoms with Crippen molar-refractivity contribution in [3.05, 3.63) is 275 Å². The molecule has 0 bridgehead atoms. The zero-order valence-corrected chi connectivity index (χ0v) is 52.1. The van der Waals surface area contributed by atoms with E-state index in [2.05, 4.69) is 323 Å². The van der Waals surface area contributed by atoms with Crippen LogP contribution in [-0.2, 0) is 0 Å². The quantitative estimate of drug-likeness (QED) is 0.107. The predicted molar refractivity (Wildman–Crippen MR) is 372 cm³/mol. The maximum Gasteiger partial charge on any atom is 0.0493 e. The molecule has 0 fully saturated rings. The second-order valence-corrected chi connectivity index (χ2v) is 25.4. The first-order valence-corrected chi connectivity index (χ1v) is 31.2. The summed E-state index contributed by atoms with van der Waals surface area (Å²) in [4.78, 5) is 5.12. The van der Waals surface area contributed by atoms with Crippen LogP contribution in [0.2, 0.25) is 0 Å². The first kappa shape index (κ1) is 55.9. The average molecular weight is 1120 g/mol. The molecule has 0 aromatic heterocycles. The van der Waals surface area contributed by atoms with E-state index in [9.17, 15) is 0 Å². The minimum Gasteiger partial charge on any atom is -0.310 e. The molecule has 0 heterocycles. The van der Waals surface area contributed by atoms with Gasteiger partial charge in [-0.25, -0.2) is 0 Å². The lowest BCUT2D eigenvalue weighted by atomic mass is 9.65. The van der Waals surface area contributed by atoms with E-state index >= 15 is 0 Å². The minimum absolute atomic E-state index is 0.364. The monoisotopic (exact) mass is 1110 g/mol. The van der Waals surface area contributed by atoms with Gasteiger partial charge in [-0.05, 0) is 233 Å². The minimum atomic E-state index is 0.364. The molecule has 0 aliphatic heterocycles. The molecule has 86 heavy (non-hydrogen) atoms. The van der Waals surface area contributed by atoms with Gasteiger partial charge in [-0.15, -0.1) is 0 Å². The summed E-state index contributed by atoms with van der Waals surface area (Å²) in [6, 6.07) is 88.0. The number of benzene rings is 12. The molecule has 0 N–H and O–H groups in total. The number of rotatable bonds is 14. The Morgan fingerprint density at radius 1 is 0.221 bits per heavy atom. The molecule has 0 saturated heterocycles. The highest BCUT2D eigenvalue weighted by atomic mass is 15.2. The number of hydrogen-bond acceptors (Lipinski definition) is 2. The molecule has 2 nitrogen and oxygen atoms in total. The molecule has 1 aliphatic carbocycles. The van der Waals surface area contributed by atoms with Crippen molar-refractivity contribution in [3.63, 3.8) is 0 Å². The highest BCUT2D eigenvalue weighted by molar-refractivity contribution is 6.33. The lowest BCUT2D eigenvalue weighted by molar-refractivity contribution is 0.863. The Hall–Kier alpha value is -9.24. The van der Waals surface area contributed by atoms with Gasteiger partial charge in [0.2, 0.25) is 0 Å². The van der Waals surface area contributed by atoms with Gasteiger partial charge in [-0.2, -0.15) is 0 Å². The number of nitrogens with zero attached hydrogens (tertiary/aromatic N) is 2. The third-order valence-electron chi connectivity index (χ3n) is 18.4. The smallest absolute Gasteiger partial charge is 0.0493 e. The molecule has 0 atom stereocenters. The summed E-state index contributed by atoms with van der Waals surface area (Å²) < 4.78 is 0. The Morgan fingerprint density at radius 3 is 0.686 bits per heavy atom. The van der Waals surface area contributed by atoms with E-state index in [1.807, 2.05) is 0 Å². The van der Waals surface area contributed by atoms with E-state index in [4.69, 9.17) is 0 Å². The van der Waals surface area contributed by atoms with Crippen LogP contribution in [0, 0.1) is 27.7 Å². The van der Waals surface area contributed by atoms with Crippen LogP contribution in [0.25, 0.3) is 88.3 Å². The van der Waals surface area contributed by atoms with Gasteiger partial charge in [0.15, 0.2) is 0 Å². The van der Waals surface area contributed by atoms with Gasteiger partial charge in [0.25, 0.3) is 0 Å². The molecule has 0 radical (unpaired) electrons. The van der Waals surface area contributed by atoms with Crippen LogP contribution in [0.4, 0.5) is 34.1 Å². The van der Waals surface area contributed by atoms with Crippen molar-refractivity contribution in [3.8, 4) is 66.8 Å². The summed E-state index contributed by atoms with van der Waals surface area (Å²) in [7, 11) is 0. The van der Waals surface area contributed by atoms with Gasteiger partial charge in [0, 0.05) is 34.1 Å². The van der Waals surface area contributed by atoms with E-state index in [0.29, 0.717) is 23.7 Å². The fraction of sp³-hybridized carbons (Fsp3) is 0.190. The van der Waals surface area contributed by atoms with Crippen LogP contribution in [0.3, 0.4) is 0 Å². The van der Waals surface area contributed by atoms with Crippen LogP contribution < -0.4 is 9.80 Å². The average Bonchev–Trinajstić information content (AvgIpc) is 0.678. The lowest BCUT2D eigenvalue weighted by Gasteiger charge is -2.38. The second-order valence-electron chi connectivity index (χ2n) is 25.4. The van der Waals surface area contributed by atoms with E-state index in [-0.39, 0.29) is 0 Å². The molecule has 0 spiro atoms. The van der Waals surface area contributed by atoms with Crippen molar-refractivity contribution in [1.82, 2.24) is 0 Å². The molecule has 0 unspecified atom stereocenters. The van der Waals surface area contributed by atoms with Gasteiger partial charge < -0.3 is 9.80 Å². The number of aryl methyl sites for hydroxylation is 4. The Labute approximate surface area is 511 Å². The third kappa shape index (κ3) is 9.70. The maximum absolute atomic E-state index is 2.56. The van der Waals surface area contributed by atoms with Gasteiger partial charge in [0.05, 0.1) is 0 Å². The van der Waals surface area contributed by atoms with Gasteiger partial charge in [0.1, 0.15) is 0 Å². The van der Waals surface area contributed by atoms with E-state index < -0.39 is 0 Å². The largest absolute Gasteiger partial charge is 0.310 e. The van der Waals surface area contributed by atoms with Crippen molar-refractivity contribution in [2.45, 2.75) is 107 Å². The highest BCUT2D eigenvalue weighted by Crippen LogP contribution is 2.66. The summed E-state index contributed by atoms with van der Waals surface area (Å²) in [5.74, 6) is 1.46. The van der Waals surface area contributed by atoms with E-state index in [1.165, 1.54) is 156 Å². The molecule has 0 saturated carbocycles. The molecule has 424 valence electrons. The second kappa shape index (κ2) is 22.6. The summed E-state index contributed by atoms with van der Waals surface area (Å²) in [5, 5.41) is 4.90. The number of anilines is 6. The molecular weight excluding hydrogens is 1040 g/mol. The Morgan fingerprint density at radius 2 is 0.453 bits per heavy atom. The Kier molecular flexibility index (Phi) is 14.7. The van der Waals surface area contributed by atoms with Crippen molar-refractivity contribution < 1.29 is 0 Å². The third-order valence-corrected chi connectivity index (χ3v) is 18.4. The van der Waals surface area contributed by atoms with Crippen molar-refractivity contribution in [1.29, 1.82) is 0 Å². The van der Waals surface area contributed by atoms with Crippen molar-refractivity contribution in [2.24, 2.45) is 0 Å². The van der Waals surface area contributed by atoms with Gasteiger partial charge in [-0.1, -0.05) is 237 Å². The summed E-state index contributed by atoms with van der Waals surface area (Å²) in [6.45, 7) is 27.5. The van der Waals surface area contributed by atoms with Crippen LogP contribution in [0.1, 0.15) is 124 Å². The number of hydrogen-bond donors (Lipinski definition) is 0. The Balaban J connectivity index is 1.20. The molecule has 0 amide bonds. The van der Waals surface area contributed by atoms with Crippen molar-refractivity contribution >= 4 is 55.7 Å². The van der Waals surface area contributed by atoms with Crippen molar-refractivity contribution in [2.75, 3.05) is 9.80 Å². The fourth-order valence-corrected chi connectivity index (χ4v) is 13.5. The van der Waals surface area contributed by atoms with Crippen LogP contribution in [0.15, 0.2) is 231 Å². The highest BCUT2D eigenvalue weighted by Gasteiger charge is 2.39. The molecule has 2 heteroatoms. The van der Waals surface area contributed by atoms with Crippen LogP contribution in [-0.4, -0.2) is 0 Å². The summed E-state index contributed by atoms with van der Waals surface area (Å²) >= 11 is 0. The fourth-order valence-electron chi connectivity index (χ4n) is 13.5. The first-order chi connectivity index (χ1) is 41.7. The van der Waals surface area contributed by atoms with Gasteiger partial charge >= 0.3 is 0 Å². The summed E-state index contributed by atoms with van der Waals surface area (Å²) in [6.07, 6.45) is 0. The first-order valence-electron chi connectivity index (χ1n) is 31.2. The van der Waals surface area contributed by atoms with Crippen LogP contribution in [0.5, 0.6) is 0 Å². The van der Waals surface area contributed by atoms with E-state index in [0.717, 1.165) is 11.4 Å². The zero-order chi connectivity index (χ0) is 59.7. The number of fused-ring (bicyclic) bond motifs is 6.